The Morgan fingerprint density at radius 1 is 1.08 bits per heavy atom. The van der Waals surface area contributed by atoms with E-state index in [1.807, 2.05) is 24.3 Å². The molecule has 26 heavy (non-hydrogen) atoms. The first-order chi connectivity index (χ1) is 11.9. The fraction of sp³-hybridized carbons (Fsp3) is 0.353. The maximum absolute atomic E-state index is 11.6. The standard InChI is InChI=1S/C17H24N4O2S2.HI/c1-13-8-9-24-16(13)11-21-17(18-2)20-10-14-4-6-15(7-5-14)12-25(22,23)19-3;/h4-9,19H,10-12H2,1-3H3,(H2,18,20,21);1H. The summed E-state index contributed by atoms with van der Waals surface area (Å²) in [6.45, 7) is 3.45. The Balaban J connectivity index is 0.00000338. The van der Waals surface area contributed by atoms with Gasteiger partial charge in [0.2, 0.25) is 10.0 Å². The van der Waals surface area contributed by atoms with Crippen LogP contribution in [-0.2, 0) is 28.9 Å². The predicted molar refractivity (Wildman–Crippen MR) is 120 cm³/mol. The SMILES string of the molecule is CN=C(NCc1ccc(CS(=O)(=O)NC)cc1)NCc1sccc1C.I. The third-order valence-electron chi connectivity index (χ3n) is 3.76. The molecule has 0 aliphatic carbocycles. The molecule has 6 nitrogen and oxygen atoms in total. The quantitative estimate of drug-likeness (QED) is 0.305. The molecule has 0 aliphatic heterocycles. The van der Waals surface area contributed by atoms with E-state index in [1.165, 1.54) is 17.5 Å². The summed E-state index contributed by atoms with van der Waals surface area (Å²) in [5, 5.41) is 8.64. The van der Waals surface area contributed by atoms with Crippen LogP contribution in [0.25, 0.3) is 0 Å². The van der Waals surface area contributed by atoms with E-state index in [0.29, 0.717) is 6.54 Å². The highest BCUT2D eigenvalue weighted by Crippen LogP contribution is 2.14. The molecule has 0 spiro atoms. The number of sulfonamides is 1. The van der Waals surface area contributed by atoms with Crippen molar-refractivity contribution >= 4 is 51.3 Å². The third-order valence-corrected chi connectivity index (χ3v) is 6.12. The fourth-order valence-electron chi connectivity index (χ4n) is 2.20. The number of nitrogens with one attached hydrogen (secondary N) is 3. The van der Waals surface area contributed by atoms with Crippen molar-refractivity contribution in [3.8, 4) is 0 Å². The molecule has 144 valence electrons. The second kappa shape index (κ2) is 10.9. The van der Waals surface area contributed by atoms with Crippen LogP contribution in [0.15, 0.2) is 40.7 Å². The van der Waals surface area contributed by atoms with Gasteiger partial charge in [0.25, 0.3) is 0 Å². The van der Waals surface area contributed by atoms with Gasteiger partial charge in [0, 0.05) is 18.5 Å². The molecular weight excluding hydrogens is 483 g/mol. The zero-order chi connectivity index (χ0) is 18.3. The predicted octanol–water partition coefficient (Wildman–Crippen LogP) is 2.59. The average molecular weight is 508 g/mol. The molecule has 0 radical (unpaired) electrons. The molecule has 2 aromatic rings. The Labute approximate surface area is 176 Å². The number of halogens is 1. The largest absolute Gasteiger partial charge is 0.352 e. The molecule has 0 bridgehead atoms. The highest BCUT2D eigenvalue weighted by molar-refractivity contribution is 14.0. The van der Waals surface area contributed by atoms with Gasteiger partial charge in [0.1, 0.15) is 0 Å². The summed E-state index contributed by atoms with van der Waals surface area (Å²) in [6.07, 6.45) is 0. The highest BCUT2D eigenvalue weighted by atomic mass is 127. The lowest BCUT2D eigenvalue weighted by Crippen LogP contribution is -2.36. The van der Waals surface area contributed by atoms with Crippen molar-refractivity contribution in [1.29, 1.82) is 0 Å². The van der Waals surface area contributed by atoms with Crippen LogP contribution < -0.4 is 15.4 Å². The smallest absolute Gasteiger partial charge is 0.215 e. The van der Waals surface area contributed by atoms with E-state index in [1.54, 1.807) is 18.4 Å². The molecule has 1 aromatic heterocycles. The molecule has 1 heterocycles. The number of rotatable bonds is 7. The number of hydrogen-bond donors (Lipinski definition) is 3. The number of nitrogens with zero attached hydrogens (tertiary/aromatic N) is 1. The van der Waals surface area contributed by atoms with Crippen molar-refractivity contribution in [1.82, 2.24) is 15.4 Å². The maximum atomic E-state index is 11.6. The van der Waals surface area contributed by atoms with E-state index in [-0.39, 0.29) is 29.7 Å². The highest BCUT2D eigenvalue weighted by Gasteiger charge is 2.08. The summed E-state index contributed by atoms with van der Waals surface area (Å²) in [6, 6.07) is 9.61. The summed E-state index contributed by atoms with van der Waals surface area (Å²) in [5.41, 5.74) is 3.09. The van der Waals surface area contributed by atoms with Crippen LogP contribution in [0.5, 0.6) is 0 Å². The van der Waals surface area contributed by atoms with E-state index >= 15 is 0 Å². The molecule has 0 saturated heterocycles. The van der Waals surface area contributed by atoms with Gasteiger partial charge in [-0.2, -0.15) is 0 Å². The summed E-state index contributed by atoms with van der Waals surface area (Å²) in [7, 11) is -0.0823. The van der Waals surface area contributed by atoms with Crippen molar-refractivity contribution in [3.63, 3.8) is 0 Å². The number of guanidine groups is 1. The van der Waals surface area contributed by atoms with Crippen molar-refractivity contribution in [3.05, 3.63) is 57.3 Å². The van der Waals surface area contributed by atoms with Crippen LogP contribution in [0.1, 0.15) is 21.6 Å². The molecule has 0 fully saturated rings. The molecule has 0 amide bonds. The molecule has 0 unspecified atom stereocenters. The maximum Gasteiger partial charge on any atom is 0.215 e. The normalized spacial score (nSPS) is 11.7. The molecular formula is C17H25IN4O2S2. The zero-order valence-electron chi connectivity index (χ0n) is 15.1. The summed E-state index contributed by atoms with van der Waals surface area (Å²) in [5.74, 6) is 0.718. The van der Waals surface area contributed by atoms with Gasteiger partial charge < -0.3 is 10.6 Å². The van der Waals surface area contributed by atoms with Gasteiger partial charge in [-0.25, -0.2) is 13.1 Å². The van der Waals surface area contributed by atoms with Gasteiger partial charge in [0.05, 0.1) is 12.3 Å². The number of thiophene rings is 1. The van der Waals surface area contributed by atoms with Gasteiger partial charge in [-0.3, -0.25) is 4.99 Å². The Morgan fingerprint density at radius 3 is 2.23 bits per heavy atom. The van der Waals surface area contributed by atoms with Crippen LogP contribution >= 0.6 is 35.3 Å². The van der Waals surface area contributed by atoms with Crippen molar-refractivity contribution in [2.45, 2.75) is 25.8 Å². The van der Waals surface area contributed by atoms with Gasteiger partial charge in [0.15, 0.2) is 5.96 Å². The van der Waals surface area contributed by atoms with E-state index in [4.69, 9.17) is 0 Å². The van der Waals surface area contributed by atoms with Crippen molar-refractivity contribution < 1.29 is 8.42 Å². The van der Waals surface area contributed by atoms with Crippen LogP contribution in [0.3, 0.4) is 0 Å². The molecule has 1 aromatic carbocycles. The molecule has 0 aliphatic rings. The van der Waals surface area contributed by atoms with Crippen LogP contribution in [0.4, 0.5) is 0 Å². The Kier molecular flexibility index (Phi) is 9.55. The Hall–Kier alpha value is -1.17. The van der Waals surface area contributed by atoms with Gasteiger partial charge in [-0.05, 0) is 42.1 Å². The second-order valence-electron chi connectivity index (χ2n) is 5.59. The number of aliphatic imine (C=N–C) groups is 1. The lowest BCUT2D eigenvalue weighted by Gasteiger charge is -2.12. The van der Waals surface area contributed by atoms with Gasteiger partial charge in [-0.15, -0.1) is 35.3 Å². The topological polar surface area (TPSA) is 82.6 Å². The first-order valence-corrected chi connectivity index (χ1v) is 10.4. The number of hydrogen-bond acceptors (Lipinski definition) is 4. The zero-order valence-corrected chi connectivity index (χ0v) is 19.0. The average Bonchev–Trinajstić information content (AvgIpc) is 3.01. The summed E-state index contributed by atoms with van der Waals surface area (Å²) in [4.78, 5) is 5.51. The van der Waals surface area contributed by atoms with Crippen molar-refractivity contribution in [2.24, 2.45) is 4.99 Å². The lowest BCUT2D eigenvalue weighted by atomic mass is 10.1. The minimum atomic E-state index is -3.24. The molecule has 0 saturated carbocycles. The van der Waals surface area contributed by atoms with Gasteiger partial charge >= 0.3 is 0 Å². The molecule has 9 heteroatoms. The molecule has 3 N–H and O–H groups in total. The Bertz CT molecular complexity index is 818. The van der Waals surface area contributed by atoms with Crippen LogP contribution in [0, 0.1) is 6.92 Å². The van der Waals surface area contributed by atoms with Crippen molar-refractivity contribution in [2.75, 3.05) is 14.1 Å². The third kappa shape index (κ3) is 7.22. The minimum Gasteiger partial charge on any atom is -0.352 e. The first-order valence-electron chi connectivity index (χ1n) is 7.90. The lowest BCUT2D eigenvalue weighted by molar-refractivity contribution is 0.587. The summed E-state index contributed by atoms with van der Waals surface area (Å²) >= 11 is 1.72. The van der Waals surface area contributed by atoms with E-state index < -0.39 is 10.0 Å². The second-order valence-corrected chi connectivity index (χ2v) is 8.51. The number of aryl methyl sites for hydroxylation is 1. The number of benzene rings is 1. The van der Waals surface area contributed by atoms with Gasteiger partial charge in [-0.1, -0.05) is 24.3 Å². The monoisotopic (exact) mass is 508 g/mol. The first kappa shape index (κ1) is 22.9. The summed E-state index contributed by atoms with van der Waals surface area (Å²) < 4.78 is 25.4. The Morgan fingerprint density at radius 2 is 1.69 bits per heavy atom. The fourth-order valence-corrected chi connectivity index (χ4v) is 3.82. The van der Waals surface area contributed by atoms with Crippen LogP contribution in [-0.4, -0.2) is 28.5 Å². The van der Waals surface area contributed by atoms with Crippen LogP contribution in [0.2, 0.25) is 0 Å². The minimum absolute atomic E-state index is 0. The van der Waals surface area contributed by atoms with E-state index in [2.05, 4.69) is 38.7 Å². The van der Waals surface area contributed by atoms with E-state index in [9.17, 15) is 8.42 Å². The van der Waals surface area contributed by atoms with E-state index in [0.717, 1.165) is 23.6 Å². The molecule has 0 atom stereocenters. The molecule has 2 rings (SSSR count).